The lowest BCUT2D eigenvalue weighted by Crippen LogP contribution is -2.33. The van der Waals surface area contributed by atoms with Crippen LogP contribution in [-0.4, -0.2) is 28.4 Å². The molecule has 0 unspecified atom stereocenters. The van der Waals surface area contributed by atoms with Crippen LogP contribution in [0.15, 0.2) is 34.8 Å². The van der Waals surface area contributed by atoms with E-state index in [4.69, 9.17) is 11.0 Å². The van der Waals surface area contributed by atoms with E-state index >= 15 is 0 Å². The van der Waals surface area contributed by atoms with Gasteiger partial charge in [0, 0.05) is 19.3 Å². The number of anilines is 1. The Morgan fingerprint density at radius 2 is 2.04 bits per heavy atom. The zero-order chi connectivity index (χ0) is 17.1. The van der Waals surface area contributed by atoms with Crippen molar-refractivity contribution in [1.29, 1.82) is 5.26 Å². The molecular formula is C17H17N5O2. The largest absolute Gasteiger partial charge is 0.365 e. The van der Waals surface area contributed by atoms with Gasteiger partial charge >= 0.3 is 0 Å². The van der Waals surface area contributed by atoms with Gasteiger partial charge in [-0.25, -0.2) is 4.98 Å². The first kappa shape index (κ1) is 15.7. The molecule has 7 nitrogen and oxygen atoms in total. The molecule has 122 valence electrons. The Morgan fingerprint density at radius 1 is 1.29 bits per heavy atom. The zero-order valence-electron chi connectivity index (χ0n) is 13.1. The number of piperidine rings is 1. The highest BCUT2D eigenvalue weighted by molar-refractivity contribution is 6.01. The summed E-state index contributed by atoms with van der Waals surface area (Å²) in [5, 5.41) is 9.10. The third kappa shape index (κ3) is 2.86. The van der Waals surface area contributed by atoms with Crippen molar-refractivity contribution in [1.82, 2.24) is 9.38 Å². The van der Waals surface area contributed by atoms with Gasteiger partial charge in [-0.1, -0.05) is 6.07 Å². The number of aromatic nitrogens is 2. The van der Waals surface area contributed by atoms with Crippen LogP contribution in [0.1, 0.15) is 24.8 Å². The Morgan fingerprint density at radius 3 is 2.71 bits per heavy atom. The molecule has 3 heterocycles. The van der Waals surface area contributed by atoms with Crippen molar-refractivity contribution in [2.24, 2.45) is 5.73 Å². The van der Waals surface area contributed by atoms with Crippen LogP contribution in [0.4, 0.5) is 5.82 Å². The number of hydrogen-bond donors (Lipinski definition) is 1. The highest BCUT2D eigenvalue weighted by atomic mass is 16.1. The van der Waals surface area contributed by atoms with E-state index in [0.717, 1.165) is 32.4 Å². The molecule has 3 rings (SSSR count). The van der Waals surface area contributed by atoms with E-state index in [1.807, 2.05) is 4.90 Å². The summed E-state index contributed by atoms with van der Waals surface area (Å²) in [6.45, 7) is 1.57. The molecule has 1 aliphatic rings. The van der Waals surface area contributed by atoms with Gasteiger partial charge in [0.25, 0.3) is 11.5 Å². The van der Waals surface area contributed by atoms with Crippen LogP contribution >= 0.6 is 0 Å². The summed E-state index contributed by atoms with van der Waals surface area (Å²) in [4.78, 5) is 30.9. The van der Waals surface area contributed by atoms with Crippen LogP contribution in [-0.2, 0) is 4.79 Å². The third-order valence-electron chi connectivity index (χ3n) is 4.08. The van der Waals surface area contributed by atoms with Crippen LogP contribution in [0.2, 0.25) is 0 Å². The van der Waals surface area contributed by atoms with Gasteiger partial charge in [-0.2, -0.15) is 5.26 Å². The quantitative estimate of drug-likeness (QED) is 0.672. The summed E-state index contributed by atoms with van der Waals surface area (Å²) in [5.41, 5.74) is 5.37. The molecule has 1 fully saturated rings. The van der Waals surface area contributed by atoms with Crippen molar-refractivity contribution in [3.05, 3.63) is 45.9 Å². The maximum absolute atomic E-state index is 12.9. The lowest BCUT2D eigenvalue weighted by molar-refractivity contribution is -0.114. The summed E-state index contributed by atoms with van der Waals surface area (Å²) in [6, 6.07) is 7.03. The van der Waals surface area contributed by atoms with Crippen LogP contribution < -0.4 is 16.2 Å². The van der Waals surface area contributed by atoms with Gasteiger partial charge in [-0.15, -0.1) is 0 Å². The molecule has 2 aromatic rings. The van der Waals surface area contributed by atoms with Crippen molar-refractivity contribution < 1.29 is 4.79 Å². The van der Waals surface area contributed by atoms with E-state index in [1.165, 1.54) is 10.5 Å². The van der Waals surface area contributed by atoms with Gasteiger partial charge in [-0.05, 0) is 37.5 Å². The minimum atomic E-state index is -0.861. The molecule has 24 heavy (non-hydrogen) atoms. The molecule has 0 saturated carbocycles. The van der Waals surface area contributed by atoms with Crippen LogP contribution in [0.25, 0.3) is 11.7 Å². The summed E-state index contributed by atoms with van der Waals surface area (Å²) in [7, 11) is 0. The molecule has 7 heteroatoms. The number of nitrogens with zero attached hydrogens (tertiary/aromatic N) is 4. The normalized spacial score (nSPS) is 15.3. The van der Waals surface area contributed by atoms with E-state index in [-0.39, 0.29) is 16.7 Å². The fourth-order valence-electron chi connectivity index (χ4n) is 2.87. The molecule has 1 aliphatic heterocycles. The highest BCUT2D eigenvalue weighted by Gasteiger charge is 2.20. The average molecular weight is 323 g/mol. The van der Waals surface area contributed by atoms with Crippen LogP contribution in [0.5, 0.6) is 0 Å². The van der Waals surface area contributed by atoms with E-state index < -0.39 is 5.91 Å². The summed E-state index contributed by atoms with van der Waals surface area (Å²) in [6.07, 6.45) is 6.03. The van der Waals surface area contributed by atoms with E-state index in [9.17, 15) is 9.59 Å². The van der Waals surface area contributed by atoms with Crippen molar-refractivity contribution in [3.63, 3.8) is 0 Å². The maximum atomic E-state index is 12.9. The number of primary amides is 1. The molecule has 0 spiro atoms. The second kappa shape index (κ2) is 6.54. The van der Waals surface area contributed by atoms with Crippen LogP contribution in [0, 0.1) is 11.3 Å². The number of hydrogen-bond acceptors (Lipinski definition) is 5. The van der Waals surface area contributed by atoms with Gasteiger partial charge < -0.3 is 10.6 Å². The Kier molecular flexibility index (Phi) is 4.29. The first-order valence-corrected chi connectivity index (χ1v) is 7.80. The number of carbonyl (C=O) groups is 1. The first-order chi connectivity index (χ1) is 11.6. The molecule has 0 aromatic carbocycles. The lowest BCUT2D eigenvalue weighted by Gasteiger charge is -2.29. The van der Waals surface area contributed by atoms with E-state index in [2.05, 4.69) is 4.98 Å². The molecule has 1 amide bonds. The van der Waals surface area contributed by atoms with Crippen molar-refractivity contribution in [2.75, 3.05) is 18.0 Å². The lowest BCUT2D eigenvalue weighted by atomic mass is 10.1. The Balaban J connectivity index is 2.27. The van der Waals surface area contributed by atoms with E-state index in [0.29, 0.717) is 11.5 Å². The van der Waals surface area contributed by atoms with E-state index in [1.54, 1.807) is 30.5 Å². The highest BCUT2D eigenvalue weighted by Crippen LogP contribution is 2.22. The second-order valence-electron chi connectivity index (χ2n) is 5.66. The molecule has 2 aromatic heterocycles. The molecule has 0 radical (unpaired) electrons. The molecular weight excluding hydrogens is 306 g/mol. The maximum Gasteiger partial charge on any atom is 0.267 e. The molecule has 1 saturated heterocycles. The number of fused-ring (bicyclic) bond motifs is 1. The number of rotatable bonds is 3. The number of carbonyl (C=O) groups excluding carboxylic acids is 1. The second-order valence-corrected chi connectivity index (χ2v) is 5.66. The van der Waals surface area contributed by atoms with Crippen molar-refractivity contribution in [3.8, 4) is 6.07 Å². The van der Waals surface area contributed by atoms with Crippen LogP contribution in [0.3, 0.4) is 0 Å². The predicted octanol–water partition coefficient (Wildman–Crippen LogP) is 1.08. The number of nitriles is 1. The standard InChI is InChI=1S/C17H17N5O2/c18-11-12(15(19)23)10-13-16(21-7-3-1-4-8-21)20-14-6-2-5-9-22(14)17(13)24/h2,5-6,9-10H,1,3-4,7-8H2,(H2,19,23)/b12-10-. The monoisotopic (exact) mass is 323 g/mol. The SMILES string of the molecule is N#C/C(=C/c1c(N2CCCCC2)nc2ccccn2c1=O)C(N)=O. The predicted molar refractivity (Wildman–Crippen MR) is 90.3 cm³/mol. The average Bonchev–Trinajstić information content (AvgIpc) is 2.61. The van der Waals surface area contributed by atoms with Gasteiger partial charge in [0.15, 0.2) is 0 Å². The van der Waals surface area contributed by atoms with Gasteiger partial charge in [0.2, 0.25) is 0 Å². The molecule has 2 N–H and O–H groups in total. The Hall–Kier alpha value is -3.14. The minimum Gasteiger partial charge on any atom is -0.365 e. The van der Waals surface area contributed by atoms with Crippen molar-refractivity contribution >= 4 is 23.4 Å². The Bertz CT molecular complexity index is 917. The van der Waals surface area contributed by atoms with Crippen molar-refractivity contribution in [2.45, 2.75) is 19.3 Å². The molecule has 0 bridgehead atoms. The zero-order valence-corrected chi connectivity index (χ0v) is 13.1. The summed E-state index contributed by atoms with van der Waals surface area (Å²) in [5.74, 6) is -0.362. The smallest absolute Gasteiger partial charge is 0.267 e. The summed E-state index contributed by atoms with van der Waals surface area (Å²) < 4.78 is 1.40. The fourth-order valence-corrected chi connectivity index (χ4v) is 2.87. The Labute approximate surface area is 138 Å². The number of amides is 1. The third-order valence-corrected chi connectivity index (χ3v) is 4.08. The molecule has 0 aliphatic carbocycles. The van der Waals surface area contributed by atoms with Gasteiger partial charge in [-0.3, -0.25) is 14.0 Å². The summed E-state index contributed by atoms with van der Waals surface area (Å²) >= 11 is 0. The number of pyridine rings is 1. The minimum absolute atomic E-state index is 0.218. The molecule has 0 atom stereocenters. The fraction of sp³-hybridized carbons (Fsp3) is 0.294. The van der Waals surface area contributed by atoms with Gasteiger partial charge in [0.05, 0.1) is 5.56 Å². The number of nitrogens with two attached hydrogens (primary N) is 1. The van der Waals surface area contributed by atoms with Gasteiger partial charge in [0.1, 0.15) is 23.1 Å². The topological polar surface area (TPSA) is 104 Å². The first-order valence-electron chi connectivity index (χ1n) is 7.80.